The van der Waals surface area contributed by atoms with Crippen LogP contribution >= 0.6 is 11.6 Å². The second-order valence-electron chi connectivity index (χ2n) is 5.22. The van der Waals surface area contributed by atoms with Gasteiger partial charge in [0.25, 0.3) is 5.91 Å². The normalized spacial score (nSPS) is 10.4. The van der Waals surface area contributed by atoms with E-state index in [1.54, 1.807) is 18.2 Å². The Morgan fingerprint density at radius 1 is 1.26 bits per heavy atom. The van der Waals surface area contributed by atoms with Gasteiger partial charge in [-0.2, -0.15) is 0 Å². The van der Waals surface area contributed by atoms with Crippen LogP contribution in [0.15, 0.2) is 30.3 Å². The number of nitrogens with zero attached hydrogens (tertiary/aromatic N) is 1. The van der Waals surface area contributed by atoms with E-state index >= 15 is 0 Å². The first-order chi connectivity index (χ1) is 11.0. The minimum atomic E-state index is -0.297. The molecule has 0 unspecified atom stereocenters. The van der Waals surface area contributed by atoms with Gasteiger partial charge in [0, 0.05) is 30.2 Å². The maximum absolute atomic E-state index is 11.9. The quantitative estimate of drug-likeness (QED) is 0.760. The van der Waals surface area contributed by atoms with Crippen molar-refractivity contribution in [1.29, 1.82) is 0 Å². The lowest BCUT2D eigenvalue weighted by Gasteiger charge is -2.11. The average molecular weight is 334 g/mol. The van der Waals surface area contributed by atoms with Crippen molar-refractivity contribution < 1.29 is 9.90 Å². The zero-order valence-corrected chi connectivity index (χ0v) is 13.9. The first-order valence-corrected chi connectivity index (χ1v) is 7.74. The molecule has 6 heteroatoms. The molecule has 1 amide bonds. The van der Waals surface area contributed by atoms with E-state index in [0.717, 1.165) is 22.6 Å². The number of rotatable bonds is 6. The van der Waals surface area contributed by atoms with Gasteiger partial charge in [0.15, 0.2) is 0 Å². The minimum Gasteiger partial charge on any atom is -0.395 e. The molecule has 1 aromatic carbocycles. The third-order valence-electron chi connectivity index (χ3n) is 3.43. The Morgan fingerprint density at radius 3 is 2.70 bits per heavy atom. The number of amides is 1. The monoisotopic (exact) mass is 333 g/mol. The Balaban J connectivity index is 2.04. The van der Waals surface area contributed by atoms with Crippen LogP contribution in [-0.2, 0) is 6.54 Å². The number of aliphatic hydroxyl groups is 1. The Hall–Kier alpha value is -2.11. The van der Waals surface area contributed by atoms with Crippen molar-refractivity contribution in [1.82, 2.24) is 10.3 Å². The Labute approximate surface area is 140 Å². The molecule has 5 nitrogen and oxygen atoms in total. The van der Waals surface area contributed by atoms with Crippen LogP contribution in [0.5, 0.6) is 0 Å². The Morgan fingerprint density at radius 2 is 2.04 bits per heavy atom. The highest BCUT2D eigenvalue weighted by Gasteiger charge is 2.10. The molecule has 2 aromatic rings. The zero-order valence-electron chi connectivity index (χ0n) is 13.2. The number of aromatic nitrogens is 1. The lowest BCUT2D eigenvalue weighted by Crippen LogP contribution is -2.26. The number of pyridine rings is 1. The van der Waals surface area contributed by atoms with Gasteiger partial charge in [0.1, 0.15) is 0 Å². The van der Waals surface area contributed by atoms with Crippen LogP contribution in [0, 0.1) is 13.8 Å². The first-order valence-electron chi connectivity index (χ1n) is 7.37. The molecule has 122 valence electrons. The number of hydrogen-bond donors (Lipinski definition) is 3. The van der Waals surface area contributed by atoms with E-state index in [-0.39, 0.29) is 19.1 Å². The number of nitrogens with one attached hydrogen (secondary N) is 2. The first kappa shape index (κ1) is 17.2. The van der Waals surface area contributed by atoms with E-state index in [9.17, 15) is 4.79 Å². The highest BCUT2D eigenvalue weighted by Crippen LogP contribution is 2.21. The summed E-state index contributed by atoms with van der Waals surface area (Å²) in [7, 11) is 0. The van der Waals surface area contributed by atoms with Crippen LogP contribution < -0.4 is 10.6 Å². The summed E-state index contributed by atoms with van der Waals surface area (Å²) in [5, 5.41) is 14.9. The van der Waals surface area contributed by atoms with Crippen LogP contribution in [0.3, 0.4) is 0 Å². The van der Waals surface area contributed by atoms with Crippen molar-refractivity contribution in [3.05, 3.63) is 57.9 Å². The van der Waals surface area contributed by atoms with Crippen molar-refractivity contribution in [3.63, 3.8) is 0 Å². The molecule has 1 aromatic heterocycles. The summed E-state index contributed by atoms with van der Waals surface area (Å²) in [4.78, 5) is 16.3. The summed E-state index contributed by atoms with van der Waals surface area (Å²) in [5.74, 6) is -0.297. The van der Waals surface area contributed by atoms with Crippen LogP contribution in [0.4, 0.5) is 5.69 Å². The van der Waals surface area contributed by atoms with Gasteiger partial charge in [-0.1, -0.05) is 17.7 Å². The molecule has 0 spiro atoms. The van der Waals surface area contributed by atoms with E-state index < -0.39 is 0 Å². The molecule has 0 radical (unpaired) electrons. The van der Waals surface area contributed by atoms with Crippen molar-refractivity contribution in [2.24, 2.45) is 0 Å². The van der Waals surface area contributed by atoms with E-state index in [2.05, 4.69) is 15.6 Å². The molecule has 2 rings (SSSR count). The summed E-state index contributed by atoms with van der Waals surface area (Å²) < 4.78 is 0. The molecular weight excluding hydrogens is 314 g/mol. The van der Waals surface area contributed by atoms with Gasteiger partial charge in [-0.25, -0.2) is 0 Å². The van der Waals surface area contributed by atoms with Gasteiger partial charge in [0.2, 0.25) is 0 Å². The number of aliphatic hydroxyl groups excluding tert-OH is 1. The van der Waals surface area contributed by atoms with Gasteiger partial charge in [-0.05, 0) is 43.7 Å². The number of benzene rings is 1. The van der Waals surface area contributed by atoms with Gasteiger partial charge >= 0.3 is 0 Å². The summed E-state index contributed by atoms with van der Waals surface area (Å²) in [6.45, 7) is 4.67. The number of carbonyl (C=O) groups excluding carboxylic acids is 1. The molecule has 23 heavy (non-hydrogen) atoms. The zero-order chi connectivity index (χ0) is 16.8. The van der Waals surface area contributed by atoms with Gasteiger partial charge in [-0.15, -0.1) is 0 Å². The number of anilines is 1. The Bertz CT molecular complexity index is 704. The predicted octanol–water partition coefficient (Wildman–Crippen LogP) is 2.69. The molecule has 0 aliphatic carbocycles. The Kier molecular flexibility index (Phi) is 5.96. The second-order valence-corrected chi connectivity index (χ2v) is 5.63. The number of halogens is 1. The molecular formula is C17H20ClN3O2. The maximum atomic E-state index is 11.9. The van der Waals surface area contributed by atoms with Crippen LogP contribution in [0.1, 0.15) is 27.3 Å². The molecule has 0 aliphatic rings. The molecule has 0 fully saturated rings. The smallest absolute Gasteiger partial charge is 0.252 e. The highest BCUT2D eigenvalue weighted by molar-refractivity contribution is 6.34. The molecule has 0 atom stereocenters. The van der Waals surface area contributed by atoms with Gasteiger partial charge < -0.3 is 15.7 Å². The van der Waals surface area contributed by atoms with Crippen molar-refractivity contribution in [2.45, 2.75) is 20.4 Å². The lowest BCUT2D eigenvalue weighted by atomic mass is 10.1. The maximum Gasteiger partial charge on any atom is 0.252 e. The van der Waals surface area contributed by atoms with Crippen molar-refractivity contribution in [3.8, 4) is 0 Å². The van der Waals surface area contributed by atoms with E-state index in [1.165, 1.54) is 0 Å². The van der Waals surface area contributed by atoms with E-state index in [0.29, 0.717) is 17.1 Å². The average Bonchev–Trinajstić information content (AvgIpc) is 2.52. The minimum absolute atomic E-state index is 0.104. The molecule has 1 heterocycles. The van der Waals surface area contributed by atoms with Gasteiger partial charge in [-0.3, -0.25) is 9.78 Å². The standard InChI is InChI=1S/C17H20ClN3O2/c1-11-3-4-13(12(2)21-11)10-20-14-5-6-15(16(18)9-14)17(23)19-7-8-22/h3-6,9,20,22H,7-8,10H2,1-2H3,(H,19,23). The summed E-state index contributed by atoms with van der Waals surface area (Å²) in [6.07, 6.45) is 0. The fourth-order valence-corrected chi connectivity index (χ4v) is 2.44. The second kappa shape index (κ2) is 7.94. The summed E-state index contributed by atoms with van der Waals surface area (Å²) in [5.41, 5.74) is 4.31. The molecule has 0 bridgehead atoms. The summed E-state index contributed by atoms with van der Waals surface area (Å²) in [6, 6.07) is 9.20. The fourth-order valence-electron chi connectivity index (χ4n) is 2.17. The van der Waals surface area contributed by atoms with Gasteiger partial charge in [0.05, 0.1) is 17.2 Å². The molecule has 0 saturated heterocycles. The molecule has 0 saturated carbocycles. The van der Waals surface area contributed by atoms with Crippen molar-refractivity contribution >= 4 is 23.2 Å². The third kappa shape index (κ3) is 4.68. The van der Waals surface area contributed by atoms with E-state index in [1.807, 2.05) is 26.0 Å². The molecule has 3 N–H and O–H groups in total. The highest BCUT2D eigenvalue weighted by atomic mass is 35.5. The summed E-state index contributed by atoms with van der Waals surface area (Å²) >= 11 is 6.16. The topological polar surface area (TPSA) is 74.2 Å². The largest absolute Gasteiger partial charge is 0.395 e. The fraction of sp³-hybridized carbons (Fsp3) is 0.294. The number of carbonyl (C=O) groups is 1. The predicted molar refractivity (Wildman–Crippen MR) is 91.9 cm³/mol. The third-order valence-corrected chi connectivity index (χ3v) is 3.74. The number of aryl methyl sites for hydroxylation is 2. The van der Waals surface area contributed by atoms with Crippen LogP contribution in [-0.4, -0.2) is 29.1 Å². The molecule has 0 aliphatic heterocycles. The van der Waals surface area contributed by atoms with Crippen molar-refractivity contribution in [2.75, 3.05) is 18.5 Å². The SMILES string of the molecule is Cc1ccc(CNc2ccc(C(=O)NCCO)c(Cl)c2)c(C)n1. The van der Waals surface area contributed by atoms with E-state index in [4.69, 9.17) is 16.7 Å². The van der Waals surface area contributed by atoms with Crippen LogP contribution in [0.2, 0.25) is 5.02 Å². The number of hydrogen-bond acceptors (Lipinski definition) is 4. The lowest BCUT2D eigenvalue weighted by molar-refractivity contribution is 0.0945. The van der Waals surface area contributed by atoms with Crippen LogP contribution in [0.25, 0.3) is 0 Å².